The summed E-state index contributed by atoms with van der Waals surface area (Å²) >= 11 is 6.36. The number of rotatable bonds is 5. The Morgan fingerprint density at radius 1 is 1.36 bits per heavy atom. The fraction of sp³-hybridized carbons (Fsp3) is 0.333. The molecule has 146 valence electrons. The van der Waals surface area contributed by atoms with Crippen LogP contribution < -0.4 is 9.47 Å². The Kier molecular flexibility index (Phi) is 5.13. The van der Waals surface area contributed by atoms with E-state index in [0.29, 0.717) is 35.2 Å². The summed E-state index contributed by atoms with van der Waals surface area (Å²) in [7, 11) is 1.54. The van der Waals surface area contributed by atoms with Gasteiger partial charge in [-0.15, -0.1) is 0 Å². The number of benzene rings is 2. The smallest absolute Gasteiger partial charge is 0.254 e. The number of ether oxygens (including phenoxy) is 2. The van der Waals surface area contributed by atoms with Crippen molar-refractivity contribution < 1.29 is 14.3 Å². The lowest BCUT2D eigenvalue weighted by Crippen LogP contribution is -2.31. The number of aromatic amines is 1. The standard InChI is InChI=1S/C21H22ClN3O3/c1-3-28-19-14(22)11-13(12-18(19)27-2)21(26)25-10-6-9-17(25)20-23-15-7-4-5-8-16(15)24-20/h4-5,7-8,11-12,17H,3,6,9-10H2,1-2H3,(H,23,24)/t17-/m0/s1. The fourth-order valence-corrected chi connectivity index (χ4v) is 3.98. The average molecular weight is 400 g/mol. The van der Waals surface area contributed by atoms with Crippen molar-refractivity contribution in [2.45, 2.75) is 25.8 Å². The molecule has 0 saturated carbocycles. The third-order valence-corrected chi connectivity index (χ3v) is 5.28. The molecule has 1 atom stereocenters. The average Bonchev–Trinajstić information content (AvgIpc) is 3.35. The number of fused-ring (bicyclic) bond motifs is 1. The van der Waals surface area contributed by atoms with Crippen molar-refractivity contribution >= 4 is 28.5 Å². The molecule has 28 heavy (non-hydrogen) atoms. The molecular formula is C21H22ClN3O3. The number of hydrogen-bond acceptors (Lipinski definition) is 4. The Bertz CT molecular complexity index is 984. The molecule has 0 aliphatic carbocycles. The number of nitrogens with zero attached hydrogens (tertiary/aromatic N) is 2. The molecule has 2 heterocycles. The predicted octanol–water partition coefficient (Wildman–Crippen LogP) is 4.60. The maximum Gasteiger partial charge on any atom is 0.254 e. The molecule has 7 heteroatoms. The second-order valence-corrected chi connectivity index (χ2v) is 7.13. The van der Waals surface area contributed by atoms with Crippen molar-refractivity contribution in [2.24, 2.45) is 0 Å². The molecule has 2 aromatic carbocycles. The highest BCUT2D eigenvalue weighted by Crippen LogP contribution is 2.38. The Balaban J connectivity index is 1.66. The molecule has 0 radical (unpaired) electrons. The molecule has 3 aromatic rings. The van der Waals surface area contributed by atoms with E-state index in [9.17, 15) is 4.79 Å². The summed E-state index contributed by atoms with van der Waals surface area (Å²) in [6.45, 7) is 3.01. The first-order valence-electron chi connectivity index (χ1n) is 9.38. The van der Waals surface area contributed by atoms with Crippen molar-refractivity contribution in [3.8, 4) is 11.5 Å². The van der Waals surface area contributed by atoms with Gasteiger partial charge in [-0.25, -0.2) is 4.98 Å². The van der Waals surface area contributed by atoms with Crippen molar-refractivity contribution in [3.05, 3.63) is 52.8 Å². The number of amides is 1. The van der Waals surface area contributed by atoms with Crippen LogP contribution in [0, 0.1) is 0 Å². The lowest BCUT2D eigenvalue weighted by atomic mass is 10.1. The van der Waals surface area contributed by atoms with Crippen LogP contribution in [0.5, 0.6) is 11.5 Å². The van der Waals surface area contributed by atoms with Crippen molar-refractivity contribution in [1.82, 2.24) is 14.9 Å². The van der Waals surface area contributed by atoms with Crippen LogP contribution in [0.2, 0.25) is 5.02 Å². The number of carbonyl (C=O) groups excluding carboxylic acids is 1. The maximum atomic E-state index is 13.3. The third-order valence-electron chi connectivity index (χ3n) is 5.00. The molecular weight excluding hydrogens is 378 g/mol. The second kappa shape index (κ2) is 7.72. The van der Waals surface area contributed by atoms with Crippen molar-refractivity contribution in [2.75, 3.05) is 20.3 Å². The summed E-state index contributed by atoms with van der Waals surface area (Å²) in [5, 5.41) is 0.365. The Labute approximate surface area is 168 Å². The largest absolute Gasteiger partial charge is 0.493 e. The number of halogens is 1. The molecule has 4 rings (SSSR count). The van der Waals surface area contributed by atoms with Crippen LogP contribution in [0.4, 0.5) is 0 Å². The third kappa shape index (κ3) is 3.29. The van der Waals surface area contributed by atoms with Gasteiger partial charge in [0.1, 0.15) is 5.82 Å². The van der Waals surface area contributed by atoms with Gasteiger partial charge in [0.05, 0.1) is 35.8 Å². The molecule has 0 unspecified atom stereocenters. The molecule has 1 saturated heterocycles. The number of nitrogens with one attached hydrogen (secondary N) is 1. The molecule has 1 amide bonds. The lowest BCUT2D eigenvalue weighted by molar-refractivity contribution is 0.0730. The molecule has 1 aliphatic rings. The van der Waals surface area contributed by atoms with Crippen LogP contribution >= 0.6 is 11.6 Å². The minimum absolute atomic E-state index is 0.0868. The van der Waals surface area contributed by atoms with E-state index in [1.165, 1.54) is 7.11 Å². The van der Waals surface area contributed by atoms with Gasteiger partial charge in [-0.2, -0.15) is 0 Å². The SMILES string of the molecule is CCOc1c(Cl)cc(C(=O)N2CCC[C@H]2c2nc3ccccc3[nH]2)cc1OC. The van der Waals surface area contributed by atoms with E-state index >= 15 is 0 Å². The lowest BCUT2D eigenvalue weighted by Gasteiger charge is -2.24. The minimum atomic E-state index is -0.0915. The highest BCUT2D eigenvalue weighted by Gasteiger charge is 2.33. The topological polar surface area (TPSA) is 67.5 Å². The summed E-state index contributed by atoms with van der Waals surface area (Å²) < 4.78 is 10.9. The number of imidazole rings is 1. The van der Waals surface area contributed by atoms with Crippen molar-refractivity contribution in [1.29, 1.82) is 0 Å². The molecule has 1 aliphatic heterocycles. The van der Waals surface area contributed by atoms with E-state index in [2.05, 4.69) is 4.98 Å². The van der Waals surface area contributed by atoms with E-state index < -0.39 is 0 Å². The van der Waals surface area contributed by atoms with Gasteiger partial charge >= 0.3 is 0 Å². The van der Waals surface area contributed by atoms with Gasteiger partial charge in [0.25, 0.3) is 5.91 Å². The summed E-state index contributed by atoms with van der Waals surface area (Å²) in [5.74, 6) is 1.64. The summed E-state index contributed by atoms with van der Waals surface area (Å²) in [6.07, 6.45) is 1.79. The van der Waals surface area contributed by atoms with Gasteiger partial charge in [-0.1, -0.05) is 23.7 Å². The van der Waals surface area contributed by atoms with Crippen molar-refractivity contribution in [3.63, 3.8) is 0 Å². The zero-order valence-electron chi connectivity index (χ0n) is 15.9. The Morgan fingerprint density at radius 2 is 2.18 bits per heavy atom. The summed E-state index contributed by atoms with van der Waals surface area (Å²) in [6, 6.07) is 11.1. The van der Waals surface area contributed by atoms with Gasteiger partial charge in [0.2, 0.25) is 0 Å². The van der Waals surface area contributed by atoms with Crippen LogP contribution in [0.15, 0.2) is 36.4 Å². The van der Waals surface area contributed by atoms with Gasteiger partial charge in [-0.3, -0.25) is 4.79 Å². The number of hydrogen-bond donors (Lipinski definition) is 1. The normalized spacial score (nSPS) is 16.5. The van der Waals surface area contributed by atoms with E-state index in [1.54, 1.807) is 12.1 Å². The first kappa shape index (κ1) is 18.6. The molecule has 1 aromatic heterocycles. The number of aromatic nitrogens is 2. The monoisotopic (exact) mass is 399 g/mol. The first-order chi connectivity index (χ1) is 13.6. The van der Waals surface area contributed by atoms with Gasteiger partial charge < -0.3 is 19.4 Å². The highest BCUT2D eigenvalue weighted by atomic mass is 35.5. The van der Waals surface area contributed by atoms with Gasteiger partial charge in [0, 0.05) is 12.1 Å². The minimum Gasteiger partial charge on any atom is -0.493 e. The predicted molar refractivity (Wildman–Crippen MR) is 108 cm³/mol. The number of carbonyl (C=O) groups is 1. The van der Waals surface area contributed by atoms with Crippen LogP contribution in [0.1, 0.15) is 42.0 Å². The summed E-state index contributed by atoms with van der Waals surface area (Å²) in [4.78, 5) is 23.2. The van der Waals surface area contributed by atoms with E-state index in [0.717, 1.165) is 29.7 Å². The molecule has 0 spiro atoms. The number of H-pyrrole nitrogens is 1. The quantitative estimate of drug-likeness (QED) is 0.680. The maximum absolute atomic E-state index is 13.3. The molecule has 6 nitrogen and oxygen atoms in total. The van der Waals surface area contributed by atoms with Gasteiger partial charge in [-0.05, 0) is 44.0 Å². The Morgan fingerprint density at radius 3 is 2.93 bits per heavy atom. The number of methoxy groups -OCH3 is 1. The van der Waals surface area contributed by atoms with Crippen LogP contribution in [0.3, 0.4) is 0 Å². The molecule has 1 fully saturated rings. The van der Waals surface area contributed by atoms with Gasteiger partial charge in [0.15, 0.2) is 11.5 Å². The van der Waals surface area contributed by atoms with Crippen LogP contribution in [0.25, 0.3) is 11.0 Å². The van der Waals surface area contributed by atoms with Crippen LogP contribution in [-0.2, 0) is 0 Å². The first-order valence-corrected chi connectivity index (χ1v) is 9.76. The van der Waals surface area contributed by atoms with E-state index in [-0.39, 0.29) is 11.9 Å². The summed E-state index contributed by atoms with van der Waals surface area (Å²) in [5.41, 5.74) is 2.36. The van der Waals surface area contributed by atoms with Crippen LogP contribution in [-0.4, -0.2) is 41.0 Å². The molecule has 1 N–H and O–H groups in total. The molecule has 0 bridgehead atoms. The number of likely N-dealkylation sites (tertiary alicyclic amines) is 1. The zero-order valence-corrected chi connectivity index (χ0v) is 16.6. The number of para-hydroxylation sites is 2. The fourth-order valence-electron chi connectivity index (χ4n) is 3.72. The van der Waals surface area contributed by atoms with E-state index in [4.69, 9.17) is 26.1 Å². The Hall–Kier alpha value is -2.73. The highest BCUT2D eigenvalue weighted by molar-refractivity contribution is 6.32. The van der Waals surface area contributed by atoms with E-state index in [1.807, 2.05) is 36.1 Å². The zero-order chi connectivity index (χ0) is 19.7. The second-order valence-electron chi connectivity index (χ2n) is 6.72.